The first kappa shape index (κ1) is 19.5. The summed E-state index contributed by atoms with van der Waals surface area (Å²) in [6.45, 7) is 5.04. The molecule has 1 aromatic carbocycles. The van der Waals surface area contributed by atoms with Crippen LogP contribution in [0.1, 0.15) is 31.9 Å². The molecule has 1 rings (SSSR count). The number of esters is 1. The van der Waals surface area contributed by atoms with Crippen LogP contribution in [-0.4, -0.2) is 37.2 Å². The normalized spacial score (nSPS) is 10.7. The fourth-order valence-corrected chi connectivity index (χ4v) is 1.70. The summed E-state index contributed by atoms with van der Waals surface area (Å²) in [5, 5.41) is 4.88. The van der Waals surface area contributed by atoms with E-state index in [1.807, 2.05) is 0 Å². The summed E-state index contributed by atoms with van der Waals surface area (Å²) in [5.74, 6) is -0.627. The van der Waals surface area contributed by atoms with Crippen LogP contribution in [0.5, 0.6) is 0 Å². The van der Waals surface area contributed by atoms with Gasteiger partial charge in [-0.05, 0) is 31.9 Å². The van der Waals surface area contributed by atoms with E-state index in [1.54, 1.807) is 52.1 Å². The van der Waals surface area contributed by atoms with Crippen molar-refractivity contribution in [1.29, 1.82) is 0 Å². The fourth-order valence-electron chi connectivity index (χ4n) is 1.70. The Morgan fingerprint density at radius 2 is 1.62 bits per heavy atom. The SMILES string of the molecule is CNC(=O)Cc1ccc(COC(=O)CNC(=O)OC(C)(C)C)cc1. The highest BCUT2D eigenvalue weighted by atomic mass is 16.6. The van der Waals surface area contributed by atoms with Crippen LogP contribution in [0.25, 0.3) is 0 Å². The van der Waals surface area contributed by atoms with Crippen molar-refractivity contribution in [1.82, 2.24) is 10.6 Å². The number of hydrogen-bond acceptors (Lipinski definition) is 5. The van der Waals surface area contributed by atoms with Gasteiger partial charge in [0.25, 0.3) is 0 Å². The van der Waals surface area contributed by atoms with Crippen LogP contribution in [0.15, 0.2) is 24.3 Å². The van der Waals surface area contributed by atoms with Crippen molar-refractivity contribution in [2.75, 3.05) is 13.6 Å². The fraction of sp³-hybridized carbons (Fsp3) is 0.471. The van der Waals surface area contributed by atoms with Crippen molar-refractivity contribution in [2.45, 2.75) is 39.4 Å². The number of amides is 2. The summed E-state index contributed by atoms with van der Waals surface area (Å²) in [7, 11) is 1.58. The molecule has 0 spiro atoms. The van der Waals surface area contributed by atoms with Crippen molar-refractivity contribution >= 4 is 18.0 Å². The van der Waals surface area contributed by atoms with Gasteiger partial charge in [-0.2, -0.15) is 0 Å². The van der Waals surface area contributed by atoms with Crippen molar-refractivity contribution in [3.05, 3.63) is 35.4 Å². The number of nitrogens with one attached hydrogen (secondary N) is 2. The molecular weight excluding hydrogens is 312 g/mol. The van der Waals surface area contributed by atoms with Gasteiger partial charge in [0.05, 0.1) is 6.42 Å². The summed E-state index contributed by atoms with van der Waals surface area (Å²) >= 11 is 0. The van der Waals surface area contributed by atoms with E-state index in [2.05, 4.69) is 10.6 Å². The molecule has 7 heteroatoms. The minimum atomic E-state index is -0.669. The highest BCUT2D eigenvalue weighted by Crippen LogP contribution is 2.07. The minimum Gasteiger partial charge on any atom is -0.460 e. The van der Waals surface area contributed by atoms with E-state index in [4.69, 9.17) is 9.47 Å². The Morgan fingerprint density at radius 1 is 1.04 bits per heavy atom. The smallest absolute Gasteiger partial charge is 0.408 e. The molecule has 0 fully saturated rings. The van der Waals surface area contributed by atoms with Crippen molar-refractivity contribution in [2.24, 2.45) is 0 Å². The van der Waals surface area contributed by atoms with Crippen molar-refractivity contribution in [3.63, 3.8) is 0 Å². The predicted molar refractivity (Wildman–Crippen MR) is 88.2 cm³/mol. The van der Waals surface area contributed by atoms with Crippen LogP contribution in [0.2, 0.25) is 0 Å². The van der Waals surface area contributed by atoms with Gasteiger partial charge in [-0.1, -0.05) is 24.3 Å². The van der Waals surface area contributed by atoms with Gasteiger partial charge in [0.2, 0.25) is 5.91 Å². The van der Waals surface area contributed by atoms with E-state index in [0.717, 1.165) is 11.1 Å². The number of carbonyl (C=O) groups excluding carboxylic acids is 3. The Kier molecular flexibility index (Phi) is 7.23. The molecule has 0 saturated heterocycles. The molecule has 132 valence electrons. The van der Waals surface area contributed by atoms with Gasteiger partial charge in [-0.25, -0.2) is 4.79 Å². The maximum Gasteiger partial charge on any atom is 0.408 e. The zero-order chi connectivity index (χ0) is 18.2. The molecule has 2 amide bonds. The van der Waals surface area contributed by atoms with Crippen molar-refractivity contribution < 1.29 is 23.9 Å². The lowest BCUT2D eigenvalue weighted by Crippen LogP contribution is -2.36. The molecule has 0 aliphatic heterocycles. The lowest BCUT2D eigenvalue weighted by atomic mass is 10.1. The number of likely N-dealkylation sites (N-methyl/N-ethyl adjacent to an activating group) is 1. The summed E-state index contributed by atoms with van der Waals surface area (Å²) in [4.78, 5) is 34.3. The Balaban J connectivity index is 2.34. The molecule has 0 saturated carbocycles. The number of carbonyl (C=O) groups is 3. The zero-order valence-corrected chi connectivity index (χ0v) is 14.5. The Morgan fingerprint density at radius 3 is 2.17 bits per heavy atom. The topological polar surface area (TPSA) is 93.7 Å². The van der Waals surface area contributed by atoms with Crippen LogP contribution in [0.3, 0.4) is 0 Å². The first-order valence-electron chi connectivity index (χ1n) is 7.60. The number of ether oxygens (including phenoxy) is 2. The summed E-state index contributed by atoms with van der Waals surface area (Å²) < 4.78 is 10.1. The number of benzene rings is 1. The van der Waals surface area contributed by atoms with Gasteiger partial charge in [0.15, 0.2) is 0 Å². The standard InChI is InChI=1S/C17H24N2O5/c1-17(2,3)24-16(22)19-10-15(21)23-11-13-7-5-12(6-8-13)9-14(20)18-4/h5-8H,9-11H2,1-4H3,(H,18,20)(H,19,22). The lowest BCUT2D eigenvalue weighted by Gasteiger charge is -2.19. The van der Waals surface area contributed by atoms with Gasteiger partial charge in [-0.15, -0.1) is 0 Å². The molecule has 0 aromatic heterocycles. The molecule has 2 N–H and O–H groups in total. The summed E-state index contributed by atoms with van der Waals surface area (Å²) in [5.41, 5.74) is 1.04. The molecule has 24 heavy (non-hydrogen) atoms. The van der Waals surface area contributed by atoms with E-state index in [1.165, 1.54) is 0 Å². The van der Waals surface area contributed by atoms with E-state index in [0.29, 0.717) is 6.42 Å². The third kappa shape index (κ3) is 8.17. The van der Waals surface area contributed by atoms with Gasteiger partial charge >= 0.3 is 12.1 Å². The first-order valence-corrected chi connectivity index (χ1v) is 7.60. The third-order valence-corrected chi connectivity index (χ3v) is 2.84. The predicted octanol–water partition coefficient (Wildman–Crippen LogP) is 1.54. The largest absolute Gasteiger partial charge is 0.460 e. The first-order chi connectivity index (χ1) is 11.2. The highest BCUT2D eigenvalue weighted by Gasteiger charge is 2.16. The third-order valence-electron chi connectivity index (χ3n) is 2.84. The molecular formula is C17H24N2O5. The quantitative estimate of drug-likeness (QED) is 0.769. The molecule has 0 aliphatic rings. The van der Waals surface area contributed by atoms with E-state index in [9.17, 15) is 14.4 Å². The maximum atomic E-state index is 11.6. The lowest BCUT2D eigenvalue weighted by molar-refractivity contribution is -0.143. The highest BCUT2D eigenvalue weighted by molar-refractivity contribution is 5.78. The van der Waals surface area contributed by atoms with Gasteiger partial charge in [0.1, 0.15) is 18.8 Å². The Labute approximate surface area is 141 Å². The minimum absolute atomic E-state index is 0.0672. The van der Waals surface area contributed by atoms with Crippen LogP contribution < -0.4 is 10.6 Å². The van der Waals surface area contributed by atoms with Crippen LogP contribution in [0.4, 0.5) is 4.79 Å². The second kappa shape index (κ2) is 8.90. The average Bonchev–Trinajstić information content (AvgIpc) is 2.50. The molecule has 0 atom stereocenters. The average molecular weight is 336 g/mol. The number of rotatable bonds is 6. The van der Waals surface area contributed by atoms with E-state index >= 15 is 0 Å². The van der Waals surface area contributed by atoms with Crippen LogP contribution in [-0.2, 0) is 32.1 Å². The molecule has 0 heterocycles. The Bertz CT molecular complexity index is 576. The molecule has 0 bridgehead atoms. The number of alkyl carbamates (subject to hydrolysis) is 1. The Hall–Kier alpha value is -2.57. The summed E-state index contributed by atoms with van der Waals surface area (Å²) in [6.07, 6.45) is -0.367. The molecule has 1 aromatic rings. The zero-order valence-electron chi connectivity index (χ0n) is 14.5. The van der Waals surface area contributed by atoms with Crippen LogP contribution >= 0.6 is 0 Å². The van der Waals surface area contributed by atoms with Crippen molar-refractivity contribution in [3.8, 4) is 0 Å². The van der Waals surface area contributed by atoms with Crippen LogP contribution in [0, 0.1) is 0 Å². The molecule has 0 unspecified atom stereocenters. The van der Waals surface area contributed by atoms with Gasteiger partial charge in [-0.3, -0.25) is 9.59 Å². The van der Waals surface area contributed by atoms with E-state index < -0.39 is 17.7 Å². The maximum absolute atomic E-state index is 11.6. The molecule has 0 radical (unpaired) electrons. The van der Waals surface area contributed by atoms with E-state index in [-0.39, 0.29) is 19.1 Å². The second-order valence-electron chi connectivity index (χ2n) is 6.18. The number of hydrogen-bond donors (Lipinski definition) is 2. The monoisotopic (exact) mass is 336 g/mol. The summed E-state index contributed by atoms with van der Waals surface area (Å²) in [6, 6.07) is 7.18. The molecule has 0 aliphatic carbocycles. The van der Waals surface area contributed by atoms with Gasteiger partial charge in [0, 0.05) is 7.05 Å². The van der Waals surface area contributed by atoms with Gasteiger partial charge < -0.3 is 20.1 Å². The second-order valence-corrected chi connectivity index (χ2v) is 6.18. The molecule has 7 nitrogen and oxygen atoms in total.